The van der Waals surface area contributed by atoms with Gasteiger partial charge in [0, 0.05) is 10.9 Å². The van der Waals surface area contributed by atoms with Crippen LogP contribution < -0.4 is 0 Å². The first-order valence-corrected chi connectivity index (χ1v) is 8.78. The minimum Gasteiger partial charge on any atom is -0.508 e. The third-order valence-electron chi connectivity index (χ3n) is 3.11. The monoisotopic (exact) mass is 358 g/mol. The molecule has 120 valence electrons. The van der Waals surface area contributed by atoms with Gasteiger partial charge in [-0.15, -0.1) is 5.10 Å². The van der Waals surface area contributed by atoms with Gasteiger partial charge in [0.2, 0.25) is 16.9 Å². The first-order chi connectivity index (χ1) is 11.8. The Labute approximate surface area is 144 Å². The van der Waals surface area contributed by atoms with Crippen LogP contribution in [0.15, 0.2) is 50.8 Å². The third-order valence-corrected chi connectivity index (χ3v) is 4.69. The molecule has 0 fully saturated rings. The number of rotatable bonds is 5. The summed E-state index contributed by atoms with van der Waals surface area (Å²) in [5.74, 6) is 1.72. The molecule has 1 N–H and O–H groups in total. The minimum atomic E-state index is 0.188. The third kappa shape index (κ3) is 3.01. The van der Waals surface area contributed by atoms with Crippen LogP contribution >= 0.6 is 23.1 Å². The molecule has 4 rings (SSSR count). The standard InChI is InChI=1S/C14H10N6O2S2/c21-11-3-1-10(2-4-11)20-14(16-18-19-20)24-8-12-15-13(17-22-12)9-5-6-23-7-9/h1-7,21H,8H2. The van der Waals surface area contributed by atoms with Gasteiger partial charge in [0.05, 0.1) is 11.4 Å². The van der Waals surface area contributed by atoms with Crippen molar-refractivity contribution in [2.24, 2.45) is 0 Å². The van der Waals surface area contributed by atoms with Crippen LogP contribution in [-0.2, 0) is 5.75 Å². The van der Waals surface area contributed by atoms with Crippen LogP contribution in [-0.4, -0.2) is 35.5 Å². The van der Waals surface area contributed by atoms with Crippen LogP contribution in [0.5, 0.6) is 5.75 Å². The minimum absolute atomic E-state index is 0.188. The molecular weight excluding hydrogens is 348 g/mol. The summed E-state index contributed by atoms with van der Waals surface area (Å²) in [4.78, 5) is 4.36. The zero-order valence-corrected chi connectivity index (χ0v) is 13.7. The van der Waals surface area contributed by atoms with Crippen LogP contribution in [0.3, 0.4) is 0 Å². The molecule has 3 aromatic heterocycles. The highest BCUT2D eigenvalue weighted by atomic mass is 32.2. The van der Waals surface area contributed by atoms with Gasteiger partial charge in [-0.1, -0.05) is 16.9 Å². The van der Waals surface area contributed by atoms with Gasteiger partial charge >= 0.3 is 0 Å². The van der Waals surface area contributed by atoms with Crippen LogP contribution in [0.25, 0.3) is 17.1 Å². The molecule has 0 aliphatic heterocycles. The molecule has 0 atom stereocenters. The molecule has 0 spiro atoms. The molecular formula is C14H10N6O2S2. The van der Waals surface area contributed by atoms with Crippen molar-refractivity contribution >= 4 is 23.1 Å². The number of aromatic hydroxyl groups is 1. The highest BCUT2D eigenvalue weighted by molar-refractivity contribution is 7.98. The van der Waals surface area contributed by atoms with Crippen molar-refractivity contribution in [2.75, 3.05) is 0 Å². The normalized spacial score (nSPS) is 11.0. The van der Waals surface area contributed by atoms with E-state index in [2.05, 4.69) is 25.7 Å². The number of phenols is 1. The Morgan fingerprint density at radius 1 is 1.21 bits per heavy atom. The molecule has 10 heteroatoms. The number of thiophene rings is 1. The van der Waals surface area contributed by atoms with Gasteiger partial charge in [-0.2, -0.15) is 21.0 Å². The lowest BCUT2D eigenvalue weighted by Gasteiger charge is -2.02. The average molecular weight is 358 g/mol. The van der Waals surface area contributed by atoms with Crippen molar-refractivity contribution in [3.63, 3.8) is 0 Å². The van der Waals surface area contributed by atoms with Crippen molar-refractivity contribution < 1.29 is 9.63 Å². The fourth-order valence-electron chi connectivity index (χ4n) is 1.97. The summed E-state index contributed by atoms with van der Waals surface area (Å²) in [5, 5.41) is 29.5. The lowest BCUT2D eigenvalue weighted by atomic mass is 10.3. The molecule has 0 bridgehead atoms. The number of hydrogen-bond donors (Lipinski definition) is 1. The highest BCUT2D eigenvalue weighted by Gasteiger charge is 2.13. The van der Waals surface area contributed by atoms with Gasteiger partial charge in [0.25, 0.3) is 0 Å². The topological polar surface area (TPSA) is 103 Å². The molecule has 3 heterocycles. The number of aromatic nitrogens is 6. The quantitative estimate of drug-likeness (QED) is 0.543. The van der Waals surface area contributed by atoms with Crippen molar-refractivity contribution in [3.8, 4) is 22.8 Å². The molecule has 0 aliphatic carbocycles. The van der Waals surface area contributed by atoms with Gasteiger partial charge in [0.1, 0.15) is 5.75 Å². The van der Waals surface area contributed by atoms with E-state index in [0.717, 1.165) is 11.3 Å². The molecule has 0 radical (unpaired) electrons. The SMILES string of the molecule is Oc1ccc(-n2nnnc2SCc2nc(-c3ccsc3)no2)cc1. The molecule has 8 nitrogen and oxygen atoms in total. The predicted molar refractivity (Wildman–Crippen MR) is 88.0 cm³/mol. The summed E-state index contributed by atoms with van der Waals surface area (Å²) in [6, 6.07) is 8.57. The Morgan fingerprint density at radius 2 is 2.08 bits per heavy atom. The second kappa shape index (κ2) is 6.42. The van der Waals surface area contributed by atoms with Gasteiger partial charge in [0.15, 0.2) is 0 Å². The van der Waals surface area contributed by atoms with Gasteiger partial charge in [-0.3, -0.25) is 0 Å². The summed E-state index contributed by atoms with van der Waals surface area (Å²) in [7, 11) is 0. The summed E-state index contributed by atoms with van der Waals surface area (Å²) in [6.07, 6.45) is 0. The average Bonchev–Trinajstić information content (AvgIpc) is 3.34. The molecule has 4 aromatic rings. The van der Waals surface area contributed by atoms with Gasteiger partial charge in [-0.05, 0) is 46.1 Å². The lowest BCUT2D eigenvalue weighted by Crippen LogP contribution is -1.98. The number of hydrogen-bond acceptors (Lipinski definition) is 9. The van der Waals surface area contributed by atoms with Crippen molar-refractivity contribution in [1.82, 2.24) is 30.3 Å². The highest BCUT2D eigenvalue weighted by Crippen LogP contribution is 2.24. The second-order valence-electron chi connectivity index (χ2n) is 4.70. The number of benzene rings is 1. The number of thioether (sulfide) groups is 1. The first kappa shape index (κ1) is 14.8. The molecule has 0 saturated heterocycles. The zero-order valence-electron chi connectivity index (χ0n) is 12.1. The van der Waals surface area contributed by atoms with E-state index in [1.54, 1.807) is 40.3 Å². The van der Waals surface area contributed by atoms with Gasteiger partial charge < -0.3 is 9.63 Å². The number of phenolic OH excluding ortho intramolecular Hbond substituents is 1. The zero-order chi connectivity index (χ0) is 16.4. The lowest BCUT2D eigenvalue weighted by molar-refractivity contribution is 0.391. The summed E-state index contributed by atoms with van der Waals surface area (Å²) < 4.78 is 6.84. The van der Waals surface area contributed by atoms with Crippen LogP contribution in [0.2, 0.25) is 0 Å². The van der Waals surface area contributed by atoms with E-state index in [-0.39, 0.29) is 5.75 Å². The molecule has 0 amide bonds. The van der Waals surface area contributed by atoms with Crippen LogP contribution in [0.4, 0.5) is 0 Å². The van der Waals surface area contributed by atoms with E-state index in [9.17, 15) is 5.11 Å². The molecule has 0 unspecified atom stereocenters. The molecule has 24 heavy (non-hydrogen) atoms. The first-order valence-electron chi connectivity index (χ1n) is 6.85. The maximum absolute atomic E-state index is 9.36. The molecule has 0 saturated carbocycles. The number of tetrazole rings is 1. The smallest absolute Gasteiger partial charge is 0.237 e. The summed E-state index contributed by atoms with van der Waals surface area (Å²) >= 11 is 2.97. The van der Waals surface area contributed by atoms with Crippen LogP contribution in [0, 0.1) is 0 Å². The van der Waals surface area contributed by atoms with Crippen molar-refractivity contribution in [2.45, 2.75) is 10.9 Å². The predicted octanol–water partition coefficient (Wildman–Crippen LogP) is 2.77. The molecule has 0 aliphatic rings. The Kier molecular flexibility index (Phi) is 3.97. The summed E-state index contributed by atoms with van der Waals surface area (Å²) in [5.41, 5.74) is 1.69. The van der Waals surface area contributed by atoms with Crippen molar-refractivity contribution in [3.05, 3.63) is 47.0 Å². The Morgan fingerprint density at radius 3 is 2.88 bits per heavy atom. The Hall–Kier alpha value is -2.72. The Balaban J connectivity index is 1.49. The fraction of sp³-hybridized carbons (Fsp3) is 0.0714. The second-order valence-corrected chi connectivity index (χ2v) is 6.42. The van der Waals surface area contributed by atoms with E-state index in [0.29, 0.717) is 22.6 Å². The van der Waals surface area contributed by atoms with E-state index in [1.165, 1.54) is 11.8 Å². The van der Waals surface area contributed by atoms with E-state index in [4.69, 9.17) is 4.52 Å². The largest absolute Gasteiger partial charge is 0.508 e. The van der Waals surface area contributed by atoms with Crippen molar-refractivity contribution in [1.29, 1.82) is 0 Å². The number of nitrogens with zero attached hydrogens (tertiary/aromatic N) is 6. The summed E-state index contributed by atoms with van der Waals surface area (Å²) in [6.45, 7) is 0. The van der Waals surface area contributed by atoms with E-state index >= 15 is 0 Å². The van der Waals surface area contributed by atoms with Crippen LogP contribution in [0.1, 0.15) is 5.89 Å². The van der Waals surface area contributed by atoms with Gasteiger partial charge in [-0.25, -0.2) is 0 Å². The van der Waals surface area contributed by atoms with E-state index < -0.39 is 0 Å². The maximum Gasteiger partial charge on any atom is 0.237 e. The Bertz CT molecular complexity index is 933. The maximum atomic E-state index is 9.36. The van der Waals surface area contributed by atoms with E-state index in [1.807, 2.05) is 16.8 Å². The fourth-order valence-corrected chi connectivity index (χ4v) is 3.34. The molecule has 1 aromatic carbocycles.